The van der Waals surface area contributed by atoms with Crippen LogP contribution < -0.4 is 16.3 Å². The number of ether oxygens (including phenoxy) is 1. The normalized spacial score (nSPS) is 28.5. The third-order valence-electron chi connectivity index (χ3n) is 3.20. The van der Waals surface area contributed by atoms with Gasteiger partial charge >= 0.3 is 13.5 Å². The van der Waals surface area contributed by atoms with Crippen molar-refractivity contribution in [2.75, 3.05) is 6.61 Å². The maximum absolute atomic E-state index is 12.8. The molecule has 4 N–H and O–H groups in total. The highest BCUT2D eigenvalue weighted by Gasteiger charge is 2.39. The monoisotopic (exact) mass is 323 g/mol. The molecule has 0 amide bonds. The molecule has 0 aromatic carbocycles. The Hall–Kier alpha value is -1.32. The molecule has 0 saturated carbocycles. The van der Waals surface area contributed by atoms with Gasteiger partial charge in [0.1, 0.15) is 6.23 Å². The summed E-state index contributed by atoms with van der Waals surface area (Å²) in [4.78, 5) is 33.8. The molecule has 11 heteroatoms. The van der Waals surface area contributed by atoms with E-state index in [4.69, 9.17) is 14.7 Å². The van der Waals surface area contributed by atoms with Gasteiger partial charge in [0.2, 0.25) is 0 Å². The Kier molecular flexibility index (Phi) is 4.45. The number of aliphatic hydroxyl groups excluding tert-OH is 1. The third kappa shape index (κ3) is 3.66. The Morgan fingerprint density at radius 2 is 2.29 bits per heavy atom. The summed E-state index contributed by atoms with van der Waals surface area (Å²) in [5, 5.41) is 11.0. The molecule has 1 aromatic rings. The lowest BCUT2D eigenvalue weighted by Gasteiger charge is -2.16. The largest absolute Gasteiger partial charge is 0.440 e. The molecular weight excluding hydrogens is 308 g/mol. The summed E-state index contributed by atoms with van der Waals surface area (Å²) in [5.41, 5.74) is -0.986. The van der Waals surface area contributed by atoms with Crippen LogP contribution in [-0.4, -0.2) is 38.3 Å². The van der Waals surface area contributed by atoms with Crippen molar-refractivity contribution in [3.63, 3.8) is 0 Å². The van der Waals surface area contributed by atoms with Crippen LogP contribution in [0.25, 0.3) is 0 Å². The Labute approximate surface area is 118 Å². The first-order valence-corrected chi connectivity index (χ1v) is 7.65. The molecule has 1 saturated heterocycles. The third-order valence-corrected chi connectivity index (χ3v) is 3.85. The number of aromatic amines is 1. The van der Waals surface area contributed by atoms with Crippen LogP contribution in [-0.2, 0) is 9.30 Å². The van der Waals surface area contributed by atoms with Crippen molar-refractivity contribution in [2.45, 2.75) is 31.7 Å². The number of nitrogens with zero attached hydrogens (tertiary/aromatic N) is 1. The molecule has 0 aliphatic carbocycles. The van der Waals surface area contributed by atoms with Crippen LogP contribution >= 0.6 is 7.83 Å². The first-order valence-electron chi connectivity index (χ1n) is 6.10. The van der Waals surface area contributed by atoms with Gasteiger partial charge < -0.3 is 14.7 Å². The quantitative estimate of drug-likeness (QED) is 0.530. The number of aryl methyl sites for hydroxylation is 1. The van der Waals surface area contributed by atoms with E-state index in [1.807, 2.05) is 5.09 Å². The van der Waals surface area contributed by atoms with E-state index in [1.54, 1.807) is 0 Å². The highest BCUT2D eigenvalue weighted by molar-refractivity contribution is 7.50. The Balaban J connectivity index is 2.27. The van der Waals surface area contributed by atoms with Crippen molar-refractivity contribution in [3.05, 3.63) is 32.6 Å². The Morgan fingerprint density at radius 3 is 2.86 bits per heavy atom. The molecule has 21 heavy (non-hydrogen) atoms. The average Bonchev–Trinajstić information content (AvgIpc) is 2.74. The molecule has 1 aliphatic rings. The smallest absolute Gasteiger partial charge is 0.394 e. The fourth-order valence-corrected chi connectivity index (χ4v) is 2.89. The molecule has 1 aliphatic heterocycles. The summed E-state index contributed by atoms with van der Waals surface area (Å²) < 4.78 is 30.0. The highest BCUT2D eigenvalue weighted by Crippen LogP contribution is 2.41. The predicted octanol–water partition coefficient (Wildman–Crippen LogP) is -0.847. The Bertz CT molecular complexity index is 682. The molecule has 2 heterocycles. The van der Waals surface area contributed by atoms with Crippen molar-refractivity contribution in [1.29, 1.82) is 0 Å². The van der Waals surface area contributed by atoms with Crippen LogP contribution in [0.5, 0.6) is 0 Å². The summed E-state index contributed by atoms with van der Waals surface area (Å²) in [7, 11) is -5.00. The zero-order valence-corrected chi connectivity index (χ0v) is 11.9. The van der Waals surface area contributed by atoms with E-state index in [1.165, 1.54) is 13.1 Å². The minimum Gasteiger partial charge on any atom is -0.394 e. The molecule has 1 aromatic heterocycles. The van der Waals surface area contributed by atoms with Crippen molar-refractivity contribution in [2.24, 2.45) is 0 Å². The number of hydrogen-bond acceptors (Lipinski definition) is 5. The second kappa shape index (κ2) is 5.82. The van der Waals surface area contributed by atoms with Crippen molar-refractivity contribution < 1.29 is 23.5 Å². The van der Waals surface area contributed by atoms with Crippen LogP contribution in [0.1, 0.15) is 18.2 Å². The average molecular weight is 323 g/mol. The van der Waals surface area contributed by atoms with Crippen molar-refractivity contribution in [3.8, 4) is 0 Å². The number of aliphatic hydroxyl groups is 1. The fourth-order valence-electron chi connectivity index (χ4n) is 2.21. The molecule has 0 spiro atoms. The van der Waals surface area contributed by atoms with Crippen molar-refractivity contribution in [1.82, 2.24) is 14.6 Å². The molecule has 2 rings (SSSR count). The number of halogens is 1. The van der Waals surface area contributed by atoms with Gasteiger partial charge in [0.25, 0.3) is 5.56 Å². The molecule has 9 nitrogen and oxygen atoms in total. The van der Waals surface area contributed by atoms with E-state index in [0.29, 0.717) is 0 Å². The summed E-state index contributed by atoms with van der Waals surface area (Å²) >= 11 is 0. The lowest BCUT2D eigenvalue weighted by molar-refractivity contribution is -0.0282. The first kappa shape index (κ1) is 16.1. The second-order valence-corrected chi connectivity index (χ2v) is 6.03. The van der Waals surface area contributed by atoms with E-state index in [0.717, 1.165) is 4.57 Å². The van der Waals surface area contributed by atoms with Crippen molar-refractivity contribution >= 4 is 7.83 Å². The molecule has 1 fully saturated rings. The molecule has 1 unspecified atom stereocenters. The second-order valence-electron chi connectivity index (χ2n) is 4.76. The summed E-state index contributed by atoms with van der Waals surface area (Å²) in [5.74, 6) is 0. The van der Waals surface area contributed by atoms with Gasteiger partial charge in [-0.05, 0) is 6.92 Å². The van der Waals surface area contributed by atoms with Gasteiger partial charge in [-0.1, -0.05) is 0 Å². The van der Waals surface area contributed by atoms with E-state index >= 15 is 0 Å². The number of hydrogen-bond donors (Lipinski definition) is 4. The van der Waals surface area contributed by atoms with E-state index in [9.17, 15) is 18.4 Å². The molecule has 0 bridgehead atoms. The van der Waals surface area contributed by atoms with Crippen LogP contribution in [0.2, 0.25) is 0 Å². The minimum absolute atomic E-state index is 0.0227. The topological polar surface area (TPSA) is 134 Å². The number of aromatic nitrogens is 2. The van der Waals surface area contributed by atoms with E-state index in [2.05, 4.69) is 4.98 Å². The predicted molar refractivity (Wildman–Crippen MR) is 69.5 cm³/mol. The first-order chi connectivity index (χ1) is 9.71. The van der Waals surface area contributed by atoms with Gasteiger partial charge in [0.15, 0.2) is 0 Å². The number of H-pyrrole nitrogens is 1. The van der Waals surface area contributed by atoms with Gasteiger partial charge in [-0.25, -0.2) is 14.4 Å². The standard InChI is InChI=1S/C10H15FN3O6P/c1-5-3-14(10(17)12-9(5)16)8-2-6(7(4-15)20-8)13-21(11,18)19/h3,6-8,15H,2,4H2,1H3,(H,12,16,17)(H2,13,18,19)/t6-,7+,8+/m0/s1. The molecule has 118 valence electrons. The Morgan fingerprint density at radius 1 is 1.62 bits per heavy atom. The lowest BCUT2D eigenvalue weighted by atomic mass is 10.1. The van der Waals surface area contributed by atoms with Crippen LogP contribution in [0.15, 0.2) is 15.8 Å². The molecular formula is C10H15FN3O6P. The minimum atomic E-state index is -5.00. The van der Waals surface area contributed by atoms with Gasteiger partial charge in [0, 0.05) is 18.2 Å². The summed E-state index contributed by atoms with van der Waals surface area (Å²) in [6.07, 6.45) is -0.596. The van der Waals surface area contributed by atoms with E-state index in [-0.39, 0.29) is 12.0 Å². The fraction of sp³-hybridized carbons (Fsp3) is 0.600. The zero-order chi connectivity index (χ0) is 15.8. The molecule has 4 atom stereocenters. The maximum Gasteiger partial charge on any atom is 0.440 e. The van der Waals surface area contributed by atoms with Gasteiger partial charge in [-0.2, -0.15) is 0 Å². The summed E-state index contributed by atoms with van der Waals surface area (Å²) in [6.45, 7) is 0.970. The summed E-state index contributed by atoms with van der Waals surface area (Å²) in [6, 6.07) is -0.944. The highest BCUT2D eigenvalue weighted by atomic mass is 31.2. The maximum atomic E-state index is 12.8. The zero-order valence-electron chi connectivity index (χ0n) is 11.0. The number of nitrogens with one attached hydrogen (secondary N) is 2. The van der Waals surface area contributed by atoms with E-state index < -0.39 is 44.1 Å². The number of rotatable bonds is 4. The molecule has 0 radical (unpaired) electrons. The van der Waals surface area contributed by atoms with Gasteiger partial charge in [-0.15, -0.1) is 4.20 Å². The van der Waals surface area contributed by atoms with Gasteiger partial charge in [-0.3, -0.25) is 14.3 Å². The van der Waals surface area contributed by atoms with Crippen LogP contribution in [0.4, 0.5) is 4.20 Å². The van der Waals surface area contributed by atoms with Crippen LogP contribution in [0.3, 0.4) is 0 Å². The van der Waals surface area contributed by atoms with Gasteiger partial charge in [0.05, 0.1) is 18.8 Å². The van der Waals surface area contributed by atoms with Crippen LogP contribution in [0, 0.1) is 6.92 Å². The lowest BCUT2D eigenvalue weighted by Crippen LogP contribution is -2.35. The SMILES string of the molecule is Cc1cn([C@H]2C[C@H](NP(=O)(O)F)[C@@H](CO)O2)c(=O)[nH]c1=O.